The lowest BCUT2D eigenvalue weighted by Gasteiger charge is -2.39. The average Bonchev–Trinajstić information content (AvgIpc) is 3.48. The zero-order valence-corrected chi connectivity index (χ0v) is 15.5. The highest BCUT2D eigenvalue weighted by atomic mass is 35.5. The molecule has 2 atom stereocenters. The quantitative estimate of drug-likeness (QED) is 0.892. The van der Waals surface area contributed by atoms with E-state index < -0.39 is 0 Å². The van der Waals surface area contributed by atoms with Gasteiger partial charge in [0.15, 0.2) is 0 Å². The molecule has 0 aromatic heterocycles. The van der Waals surface area contributed by atoms with Crippen LogP contribution in [-0.4, -0.2) is 43.1 Å². The molecule has 4 nitrogen and oxygen atoms in total. The molecule has 1 aliphatic carbocycles. The van der Waals surface area contributed by atoms with Gasteiger partial charge in [0.2, 0.25) is 5.91 Å². The number of morpholine rings is 1. The maximum Gasteiger partial charge on any atom is 0.223 e. The lowest BCUT2D eigenvalue weighted by atomic mass is 9.93. The summed E-state index contributed by atoms with van der Waals surface area (Å²) < 4.78 is 6.36. The smallest absolute Gasteiger partial charge is 0.223 e. The number of carbonyl (C=O) groups is 1. The molecule has 1 saturated carbocycles. The Balaban J connectivity index is 0.00000182. The van der Waals surface area contributed by atoms with Crippen molar-refractivity contribution in [2.45, 2.75) is 44.3 Å². The monoisotopic (exact) mass is 364 g/mol. The number of hydrogen-bond donors (Lipinski definition) is 1. The number of carbonyl (C=O) groups excluding carboxylic acids is 1. The molecular weight excluding hydrogens is 336 g/mol. The fourth-order valence-corrected chi connectivity index (χ4v) is 4.03. The lowest BCUT2D eigenvalue weighted by molar-refractivity contribution is -0.149. The van der Waals surface area contributed by atoms with E-state index in [4.69, 9.17) is 4.74 Å². The Hall–Kier alpha value is -1.10. The minimum absolute atomic E-state index is 0. The number of nitrogens with zero attached hydrogens (tertiary/aromatic N) is 1. The van der Waals surface area contributed by atoms with Gasteiger partial charge in [-0.3, -0.25) is 4.79 Å². The third kappa shape index (κ3) is 4.75. The molecular formula is C20H29ClN2O2. The molecule has 0 radical (unpaired) electrons. The molecule has 138 valence electrons. The van der Waals surface area contributed by atoms with Crippen LogP contribution in [0.1, 0.15) is 43.8 Å². The van der Waals surface area contributed by atoms with E-state index in [0.717, 1.165) is 32.5 Å². The van der Waals surface area contributed by atoms with Crippen LogP contribution in [0.5, 0.6) is 0 Å². The third-order valence-corrected chi connectivity index (χ3v) is 5.72. The van der Waals surface area contributed by atoms with Gasteiger partial charge in [-0.25, -0.2) is 0 Å². The van der Waals surface area contributed by atoms with Crippen LogP contribution in [0.15, 0.2) is 30.3 Å². The van der Waals surface area contributed by atoms with E-state index in [1.165, 1.54) is 18.4 Å². The average molecular weight is 365 g/mol. The van der Waals surface area contributed by atoms with Crippen LogP contribution < -0.4 is 5.32 Å². The van der Waals surface area contributed by atoms with Crippen LogP contribution in [-0.2, 0) is 9.53 Å². The van der Waals surface area contributed by atoms with Gasteiger partial charge in [-0.1, -0.05) is 30.3 Å². The summed E-state index contributed by atoms with van der Waals surface area (Å²) in [7, 11) is 0. The Kier molecular flexibility index (Phi) is 6.37. The Morgan fingerprint density at radius 2 is 1.80 bits per heavy atom. The van der Waals surface area contributed by atoms with Gasteiger partial charge < -0.3 is 15.0 Å². The van der Waals surface area contributed by atoms with Crippen LogP contribution in [0, 0.1) is 11.8 Å². The van der Waals surface area contributed by atoms with E-state index in [2.05, 4.69) is 34.5 Å². The number of piperidine rings is 1. The second-order valence-electron chi connectivity index (χ2n) is 7.61. The van der Waals surface area contributed by atoms with Crippen LogP contribution in [0.4, 0.5) is 0 Å². The van der Waals surface area contributed by atoms with Crippen LogP contribution >= 0.6 is 12.4 Å². The van der Waals surface area contributed by atoms with Crippen molar-refractivity contribution in [1.82, 2.24) is 10.2 Å². The highest BCUT2D eigenvalue weighted by Gasteiger charge is 2.40. The van der Waals surface area contributed by atoms with Crippen molar-refractivity contribution in [2.24, 2.45) is 11.8 Å². The number of ether oxygens (including phenoxy) is 1. The first-order chi connectivity index (χ1) is 11.8. The Labute approximate surface area is 156 Å². The number of nitrogens with one attached hydrogen (secondary N) is 1. The van der Waals surface area contributed by atoms with Crippen molar-refractivity contribution in [3.8, 4) is 0 Å². The summed E-state index contributed by atoms with van der Waals surface area (Å²) in [6.07, 6.45) is 5.73. The van der Waals surface area contributed by atoms with E-state index >= 15 is 0 Å². The summed E-state index contributed by atoms with van der Waals surface area (Å²) in [5.74, 6) is 1.54. The molecule has 0 bridgehead atoms. The molecule has 3 aliphatic rings. The van der Waals surface area contributed by atoms with E-state index in [9.17, 15) is 4.79 Å². The van der Waals surface area contributed by atoms with Gasteiger partial charge in [-0.15, -0.1) is 12.4 Å². The molecule has 5 heteroatoms. The number of benzene rings is 1. The summed E-state index contributed by atoms with van der Waals surface area (Å²) in [4.78, 5) is 15.0. The zero-order valence-electron chi connectivity index (χ0n) is 14.7. The highest BCUT2D eigenvalue weighted by molar-refractivity contribution is 5.85. The second-order valence-corrected chi connectivity index (χ2v) is 7.61. The largest absolute Gasteiger partial charge is 0.366 e. The Morgan fingerprint density at radius 1 is 1.08 bits per heavy atom. The van der Waals surface area contributed by atoms with Gasteiger partial charge in [0, 0.05) is 13.0 Å². The van der Waals surface area contributed by atoms with E-state index in [1.807, 2.05) is 6.07 Å². The number of rotatable bonds is 4. The second kappa shape index (κ2) is 8.52. The molecule has 25 heavy (non-hydrogen) atoms. The fourth-order valence-electron chi connectivity index (χ4n) is 4.03. The van der Waals surface area contributed by atoms with Crippen molar-refractivity contribution in [2.75, 3.05) is 26.2 Å². The van der Waals surface area contributed by atoms with Crippen molar-refractivity contribution < 1.29 is 9.53 Å². The number of hydrogen-bond acceptors (Lipinski definition) is 3. The number of halogens is 1. The third-order valence-electron chi connectivity index (χ3n) is 5.72. The van der Waals surface area contributed by atoms with Crippen molar-refractivity contribution >= 4 is 18.3 Å². The topological polar surface area (TPSA) is 41.6 Å². The summed E-state index contributed by atoms with van der Waals surface area (Å²) in [5, 5.41) is 3.38. The lowest BCUT2D eigenvalue weighted by Crippen LogP contribution is -2.48. The highest BCUT2D eigenvalue weighted by Crippen LogP contribution is 2.39. The fraction of sp³-hybridized carbons (Fsp3) is 0.650. The van der Waals surface area contributed by atoms with Crippen molar-refractivity contribution in [3.63, 3.8) is 0 Å². The standard InChI is InChI=1S/C20H28N2O2.ClH/c23-20(12-15-8-10-21-11-9-15)22-13-18(16-4-2-1-3-5-16)24-19(14-22)17-6-7-17;/h1-5,15,17-19,21H,6-14H2;1H/t18-,19+;/m0./s1. The van der Waals surface area contributed by atoms with Crippen LogP contribution in [0.25, 0.3) is 0 Å². The molecule has 3 fully saturated rings. The maximum atomic E-state index is 12.9. The minimum atomic E-state index is 0. The Morgan fingerprint density at radius 3 is 2.48 bits per heavy atom. The van der Waals surface area contributed by atoms with Gasteiger partial charge in [0.1, 0.15) is 6.10 Å². The van der Waals surface area contributed by atoms with Crippen LogP contribution in [0.2, 0.25) is 0 Å². The minimum Gasteiger partial charge on any atom is -0.366 e. The first-order valence-corrected chi connectivity index (χ1v) is 9.48. The predicted octanol–water partition coefficient (Wildman–Crippen LogP) is 3.18. The number of amides is 1. The molecule has 0 spiro atoms. The van der Waals surface area contributed by atoms with E-state index in [0.29, 0.717) is 30.7 Å². The first-order valence-electron chi connectivity index (χ1n) is 9.48. The summed E-state index contributed by atoms with van der Waals surface area (Å²) >= 11 is 0. The van der Waals surface area contributed by atoms with Gasteiger partial charge in [-0.05, 0) is 56.2 Å². The first kappa shape index (κ1) is 18.7. The van der Waals surface area contributed by atoms with Crippen LogP contribution in [0.3, 0.4) is 0 Å². The molecule has 1 aromatic rings. The van der Waals surface area contributed by atoms with Gasteiger partial charge in [0.25, 0.3) is 0 Å². The van der Waals surface area contributed by atoms with Crippen molar-refractivity contribution in [1.29, 1.82) is 0 Å². The van der Waals surface area contributed by atoms with Crippen molar-refractivity contribution in [3.05, 3.63) is 35.9 Å². The maximum absolute atomic E-state index is 12.9. The summed E-state index contributed by atoms with van der Waals surface area (Å²) in [6.45, 7) is 3.60. The molecule has 1 aromatic carbocycles. The van der Waals surface area contributed by atoms with E-state index in [-0.39, 0.29) is 24.6 Å². The van der Waals surface area contributed by atoms with Gasteiger partial charge in [0.05, 0.1) is 12.6 Å². The summed E-state index contributed by atoms with van der Waals surface area (Å²) in [6, 6.07) is 10.4. The molecule has 0 unspecified atom stereocenters. The Bertz CT molecular complexity index is 558. The zero-order chi connectivity index (χ0) is 16.4. The van der Waals surface area contributed by atoms with Gasteiger partial charge in [-0.2, -0.15) is 0 Å². The normalized spacial score (nSPS) is 27.6. The summed E-state index contributed by atoms with van der Waals surface area (Å²) in [5.41, 5.74) is 1.20. The molecule has 1 N–H and O–H groups in total. The molecule has 2 heterocycles. The molecule has 2 saturated heterocycles. The van der Waals surface area contributed by atoms with Gasteiger partial charge >= 0.3 is 0 Å². The molecule has 2 aliphatic heterocycles. The predicted molar refractivity (Wildman–Crippen MR) is 101 cm³/mol. The molecule has 4 rings (SSSR count). The molecule has 1 amide bonds. The van der Waals surface area contributed by atoms with E-state index in [1.54, 1.807) is 0 Å². The SMILES string of the molecule is Cl.O=C(CC1CCNCC1)N1C[C@@H](c2ccccc2)O[C@@H](C2CC2)C1.